The lowest BCUT2D eigenvalue weighted by Crippen LogP contribution is -2.13. The zero-order valence-corrected chi connectivity index (χ0v) is 13.4. The Kier molecular flexibility index (Phi) is 4.13. The molecule has 8 heteroatoms. The second-order valence-corrected chi connectivity index (χ2v) is 8.17. The number of hydrogen-bond acceptors (Lipinski definition) is 4. The van der Waals surface area contributed by atoms with Gasteiger partial charge in [-0.2, -0.15) is 5.26 Å². The first-order chi connectivity index (χ1) is 9.33. The number of benzene rings is 1. The monoisotopic (exact) mass is 374 g/mol. The molecule has 20 heavy (non-hydrogen) atoms. The fourth-order valence-electron chi connectivity index (χ4n) is 1.58. The van der Waals surface area contributed by atoms with E-state index in [4.69, 9.17) is 5.26 Å². The van der Waals surface area contributed by atoms with E-state index in [-0.39, 0.29) is 16.1 Å². The maximum atomic E-state index is 13.2. The summed E-state index contributed by atoms with van der Waals surface area (Å²) in [6.45, 7) is 1.69. The van der Waals surface area contributed by atoms with E-state index < -0.39 is 15.8 Å². The molecule has 0 radical (unpaired) electrons. The van der Waals surface area contributed by atoms with Crippen LogP contribution in [0.3, 0.4) is 0 Å². The highest BCUT2D eigenvalue weighted by Gasteiger charge is 2.20. The van der Waals surface area contributed by atoms with Gasteiger partial charge in [0.2, 0.25) is 0 Å². The van der Waals surface area contributed by atoms with Crippen LogP contribution in [0.2, 0.25) is 0 Å². The SMILES string of the molecule is Cc1sc(Br)cc1S(=O)(=O)Nc1ccc(F)c(C#N)c1. The molecule has 1 N–H and O–H groups in total. The van der Waals surface area contributed by atoms with Gasteiger partial charge in [0.25, 0.3) is 10.0 Å². The summed E-state index contributed by atoms with van der Waals surface area (Å²) in [6, 6.07) is 6.63. The second-order valence-electron chi connectivity index (χ2n) is 3.88. The molecule has 1 aromatic heterocycles. The highest BCUT2D eigenvalue weighted by molar-refractivity contribution is 9.11. The van der Waals surface area contributed by atoms with Crippen molar-refractivity contribution in [3.8, 4) is 6.07 Å². The van der Waals surface area contributed by atoms with Crippen LogP contribution in [-0.4, -0.2) is 8.42 Å². The van der Waals surface area contributed by atoms with Gasteiger partial charge in [-0.05, 0) is 47.1 Å². The quantitative estimate of drug-likeness (QED) is 0.891. The molecule has 0 aliphatic heterocycles. The number of nitrogens with one attached hydrogen (secondary N) is 1. The fourth-order valence-corrected chi connectivity index (χ4v) is 5.05. The number of nitriles is 1. The minimum Gasteiger partial charge on any atom is -0.280 e. The molecule has 0 aliphatic rings. The van der Waals surface area contributed by atoms with E-state index in [0.29, 0.717) is 8.66 Å². The predicted molar refractivity (Wildman–Crippen MR) is 78.7 cm³/mol. The first-order valence-electron chi connectivity index (χ1n) is 5.32. The number of hydrogen-bond donors (Lipinski definition) is 1. The number of halogens is 2. The molecule has 0 saturated carbocycles. The van der Waals surface area contributed by atoms with E-state index in [1.54, 1.807) is 13.0 Å². The van der Waals surface area contributed by atoms with Gasteiger partial charge in [0.15, 0.2) is 0 Å². The first kappa shape index (κ1) is 15.0. The summed E-state index contributed by atoms with van der Waals surface area (Å²) in [5.74, 6) is -0.690. The van der Waals surface area contributed by atoms with E-state index in [1.165, 1.54) is 23.5 Å². The molecule has 0 unspecified atom stereocenters. The van der Waals surface area contributed by atoms with Crippen LogP contribution in [0.25, 0.3) is 0 Å². The van der Waals surface area contributed by atoms with Crippen molar-refractivity contribution in [1.29, 1.82) is 5.26 Å². The lowest BCUT2D eigenvalue weighted by Gasteiger charge is -2.08. The van der Waals surface area contributed by atoms with E-state index in [2.05, 4.69) is 20.7 Å². The van der Waals surface area contributed by atoms with Crippen molar-refractivity contribution in [2.24, 2.45) is 0 Å². The van der Waals surface area contributed by atoms with Crippen LogP contribution in [0.1, 0.15) is 10.4 Å². The van der Waals surface area contributed by atoms with Gasteiger partial charge in [-0.15, -0.1) is 11.3 Å². The van der Waals surface area contributed by atoms with Crippen LogP contribution in [0.4, 0.5) is 10.1 Å². The first-order valence-corrected chi connectivity index (χ1v) is 8.41. The van der Waals surface area contributed by atoms with Gasteiger partial charge in [-0.3, -0.25) is 4.72 Å². The number of thiophene rings is 1. The zero-order chi connectivity index (χ0) is 14.9. The Morgan fingerprint density at radius 2 is 2.10 bits per heavy atom. The van der Waals surface area contributed by atoms with Crippen molar-refractivity contribution in [1.82, 2.24) is 0 Å². The van der Waals surface area contributed by atoms with E-state index >= 15 is 0 Å². The number of sulfonamides is 1. The van der Waals surface area contributed by atoms with Crippen LogP contribution in [0.15, 0.2) is 32.9 Å². The molecule has 1 heterocycles. The lowest BCUT2D eigenvalue weighted by atomic mass is 10.2. The Labute approximate surface area is 128 Å². The highest BCUT2D eigenvalue weighted by Crippen LogP contribution is 2.30. The van der Waals surface area contributed by atoms with Crippen LogP contribution >= 0.6 is 27.3 Å². The van der Waals surface area contributed by atoms with Crippen molar-refractivity contribution < 1.29 is 12.8 Å². The van der Waals surface area contributed by atoms with Crippen LogP contribution in [0, 0.1) is 24.1 Å². The molecule has 0 aliphatic carbocycles. The third-order valence-electron chi connectivity index (χ3n) is 2.47. The Morgan fingerprint density at radius 1 is 1.40 bits per heavy atom. The van der Waals surface area contributed by atoms with Crippen molar-refractivity contribution >= 4 is 43.0 Å². The topological polar surface area (TPSA) is 70.0 Å². The molecule has 0 amide bonds. The van der Waals surface area contributed by atoms with Crippen LogP contribution < -0.4 is 4.72 Å². The maximum absolute atomic E-state index is 13.2. The predicted octanol–water partition coefficient (Wildman–Crippen LogP) is 3.63. The zero-order valence-electron chi connectivity index (χ0n) is 10.1. The maximum Gasteiger partial charge on any atom is 0.263 e. The molecule has 0 atom stereocenters. The Hall–Kier alpha value is -1.43. The average Bonchev–Trinajstić information content (AvgIpc) is 2.71. The summed E-state index contributed by atoms with van der Waals surface area (Å²) < 4.78 is 40.7. The summed E-state index contributed by atoms with van der Waals surface area (Å²) in [7, 11) is -3.76. The van der Waals surface area contributed by atoms with Crippen LogP contribution in [-0.2, 0) is 10.0 Å². The molecule has 1 aromatic carbocycles. The minimum atomic E-state index is -3.76. The van der Waals surface area contributed by atoms with Gasteiger partial charge in [-0.1, -0.05) is 0 Å². The van der Waals surface area contributed by atoms with Gasteiger partial charge in [0.05, 0.1) is 15.0 Å². The smallest absolute Gasteiger partial charge is 0.263 e. The number of aryl methyl sites for hydroxylation is 1. The Morgan fingerprint density at radius 3 is 2.65 bits per heavy atom. The molecule has 104 valence electrons. The summed E-state index contributed by atoms with van der Waals surface area (Å²) in [5.41, 5.74) is -0.0712. The van der Waals surface area contributed by atoms with Crippen molar-refractivity contribution in [2.75, 3.05) is 4.72 Å². The molecule has 2 rings (SSSR count). The Bertz CT molecular complexity index is 809. The summed E-state index contributed by atoms with van der Waals surface area (Å²) in [5, 5.41) is 8.73. The van der Waals surface area contributed by atoms with Gasteiger partial charge < -0.3 is 0 Å². The van der Waals surface area contributed by atoms with Gasteiger partial charge in [0.1, 0.15) is 16.8 Å². The van der Waals surface area contributed by atoms with Crippen molar-refractivity contribution in [2.45, 2.75) is 11.8 Å². The molecular formula is C12H8BrFN2O2S2. The molecule has 0 saturated heterocycles. The van der Waals surface area contributed by atoms with E-state index in [0.717, 1.165) is 12.1 Å². The molecular weight excluding hydrogens is 367 g/mol. The molecule has 0 bridgehead atoms. The largest absolute Gasteiger partial charge is 0.280 e. The summed E-state index contributed by atoms with van der Waals surface area (Å²) >= 11 is 4.53. The molecule has 0 spiro atoms. The van der Waals surface area contributed by atoms with Crippen molar-refractivity contribution in [3.63, 3.8) is 0 Å². The van der Waals surface area contributed by atoms with Gasteiger partial charge >= 0.3 is 0 Å². The third-order valence-corrected chi connectivity index (χ3v) is 5.66. The highest BCUT2D eigenvalue weighted by atomic mass is 79.9. The van der Waals surface area contributed by atoms with Gasteiger partial charge in [-0.25, -0.2) is 12.8 Å². The Balaban J connectivity index is 2.39. The summed E-state index contributed by atoms with van der Waals surface area (Å²) in [6.07, 6.45) is 0. The lowest BCUT2D eigenvalue weighted by molar-refractivity contribution is 0.601. The number of anilines is 1. The third kappa shape index (κ3) is 3.00. The number of rotatable bonds is 3. The normalized spacial score (nSPS) is 11.1. The van der Waals surface area contributed by atoms with E-state index in [1.807, 2.05) is 0 Å². The van der Waals surface area contributed by atoms with Crippen molar-refractivity contribution in [3.05, 3.63) is 44.3 Å². The van der Waals surface area contributed by atoms with Gasteiger partial charge in [0, 0.05) is 4.88 Å². The van der Waals surface area contributed by atoms with Crippen LogP contribution in [0.5, 0.6) is 0 Å². The molecule has 0 fully saturated rings. The fraction of sp³-hybridized carbons (Fsp3) is 0.0833. The standard InChI is InChI=1S/C12H8BrFN2O2S2/c1-7-11(5-12(13)19-7)20(17,18)16-9-2-3-10(14)8(4-9)6-15/h2-5,16H,1H3. The molecule has 2 aromatic rings. The van der Waals surface area contributed by atoms with E-state index in [9.17, 15) is 12.8 Å². The average molecular weight is 375 g/mol. The number of nitrogens with zero attached hydrogens (tertiary/aromatic N) is 1. The summed E-state index contributed by atoms with van der Waals surface area (Å²) in [4.78, 5) is 0.782. The second kappa shape index (κ2) is 5.52. The minimum absolute atomic E-state index is 0.143. The molecule has 4 nitrogen and oxygen atoms in total.